The summed E-state index contributed by atoms with van der Waals surface area (Å²) in [4.78, 5) is 14.4. The van der Waals surface area contributed by atoms with Crippen LogP contribution in [0.2, 0.25) is 0 Å². The van der Waals surface area contributed by atoms with Gasteiger partial charge in [0, 0.05) is 18.8 Å². The summed E-state index contributed by atoms with van der Waals surface area (Å²) in [6, 6.07) is 13.7. The molecular weight excluding hydrogens is 404 g/mol. The fourth-order valence-electron chi connectivity index (χ4n) is 3.55. The standard InChI is InChI=1S/C22H22N2O5S/c1-15-5-8-19(28-2)21(12-15)30(26,27)23-18-7-6-16-9-10-24(14-17(16)13-18)22(25)20-4-3-11-29-20/h3-8,11-13,23H,9-10,14H2,1-2H3. The van der Waals surface area contributed by atoms with Gasteiger partial charge in [-0.2, -0.15) is 0 Å². The van der Waals surface area contributed by atoms with Crippen LogP contribution in [0.1, 0.15) is 27.2 Å². The van der Waals surface area contributed by atoms with Crippen LogP contribution < -0.4 is 9.46 Å². The highest BCUT2D eigenvalue weighted by molar-refractivity contribution is 7.92. The summed E-state index contributed by atoms with van der Waals surface area (Å²) in [6.45, 7) is 2.79. The van der Waals surface area contributed by atoms with Crippen molar-refractivity contribution in [3.05, 3.63) is 77.2 Å². The van der Waals surface area contributed by atoms with Gasteiger partial charge < -0.3 is 14.1 Å². The fraction of sp³-hybridized carbons (Fsp3) is 0.227. The van der Waals surface area contributed by atoms with Crippen molar-refractivity contribution < 1.29 is 22.4 Å². The van der Waals surface area contributed by atoms with E-state index in [0.717, 1.165) is 16.7 Å². The van der Waals surface area contributed by atoms with Crippen molar-refractivity contribution in [1.29, 1.82) is 0 Å². The molecule has 0 atom stereocenters. The highest BCUT2D eigenvalue weighted by Gasteiger charge is 2.25. The van der Waals surface area contributed by atoms with Gasteiger partial charge in [-0.1, -0.05) is 12.1 Å². The largest absolute Gasteiger partial charge is 0.495 e. The van der Waals surface area contributed by atoms with E-state index in [1.54, 1.807) is 47.4 Å². The average Bonchev–Trinajstić information content (AvgIpc) is 3.27. The van der Waals surface area contributed by atoms with Gasteiger partial charge in [0.25, 0.3) is 15.9 Å². The SMILES string of the molecule is COc1ccc(C)cc1S(=O)(=O)Nc1ccc2c(c1)CN(C(=O)c1ccco1)CC2. The molecule has 8 heteroatoms. The van der Waals surface area contributed by atoms with Crippen molar-refractivity contribution in [2.75, 3.05) is 18.4 Å². The summed E-state index contributed by atoms with van der Waals surface area (Å²) < 4.78 is 39.0. The minimum absolute atomic E-state index is 0.0809. The number of hydrogen-bond acceptors (Lipinski definition) is 5. The Morgan fingerprint density at radius 1 is 1.13 bits per heavy atom. The topological polar surface area (TPSA) is 88.9 Å². The van der Waals surface area contributed by atoms with Crippen LogP contribution in [0.15, 0.2) is 64.1 Å². The van der Waals surface area contributed by atoms with Crippen LogP contribution in [-0.4, -0.2) is 32.9 Å². The van der Waals surface area contributed by atoms with Gasteiger partial charge in [-0.15, -0.1) is 0 Å². The second-order valence-electron chi connectivity index (χ2n) is 7.20. The second kappa shape index (κ2) is 7.87. The molecule has 1 aliphatic rings. The number of benzene rings is 2. The van der Waals surface area contributed by atoms with E-state index in [0.29, 0.717) is 31.0 Å². The molecule has 2 aromatic carbocycles. The normalized spacial score (nSPS) is 13.6. The molecule has 2 heterocycles. The number of hydrogen-bond donors (Lipinski definition) is 1. The zero-order chi connectivity index (χ0) is 21.3. The van der Waals surface area contributed by atoms with Gasteiger partial charge in [-0.25, -0.2) is 8.42 Å². The summed E-state index contributed by atoms with van der Waals surface area (Å²) in [7, 11) is -2.40. The van der Waals surface area contributed by atoms with Crippen LogP contribution in [0.3, 0.4) is 0 Å². The molecule has 1 aromatic heterocycles. The zero-order valence-electron chi connectivity index (χ0n) is 16.7. The van der Waals surface area contributed by atoms with Crippen molar-refractivity contribution >= 4 is 21.6 Å². The molecule has 0 saturated heterocycles. The number of methoxy groups -OCH3 is 1. The molecule has 156 valence electrons. The number of nitrogens with zero attached hydrogens (tertiary/aromatic N) is 1. The summed E-state index contributed by atoms with van der Waals surface area (Å²) in [5.41, 5.74) is 3.24. The second-order valence-corrected chi connectivity index (χ2v) is 8.85. The third kappa shape index (κ3) is 3.91. The van der Waals surface area contributed by atoms with Crippen molar-refractivity contribution in [2.45, 2.75) is 24.8 Å². The number of fused-ring (bicyclic) bond motifs is 1. The number of carbonyl (C=O) groups excluding carboxylic acids is 1. The summed E-state index contributed by atoms with van der Waals surface area (Å²) in [6.07, 6.45) is 2.16. The van der Waals surface area contributed by atoms with Gasteiger partial charge in [0.15, 0.2) is 5.76 Å². The van der Waals surface area contributed by atoms with Crippen LogP contribution in [0, 0.1) is 6.92 Å². The van der Waals surface area contributed by atoms with Gasteiger partial charge in [-0.05, 0) is 66.4 Å². The molecular formula is C22H22N2O5S. The highest BCUT2D eigenvalue weighted by atomic mass is 32.2. The number of anilines is 1. The third-order valence-electron chi connectivity index (χ3n) is 5.10. The maximum absolute atomic E-state index is 13.0. The first-order chi connectivity index (χ1) is 14.4. The van der Waals surface area contributed by atoms with Gasteiger partial charge in [0.2, 0.25) is 0 Å². The Balaban J connectivity index is 1.58. The molecule has 0 saturated carbocycles. The number of nitrogens with one attached hydrogen (secondary N) is 1. The van der Waals surface area contributed by atoms with E-state index in [4.69, 9.17) is 9.15 Å². The summed E-state index contributed by atoms with van der Waals surface area (Å²) in [5, 5.41) is 0. The van der Waals surface area contributed by atoms with E-state index in [9.17, 15) is 13.2 Å². The summed E-state index contributed by atoms with van der Waals surface area (Å²) in [5.74, 6) is 0.393. The monoisotopic (exact) mass is 426 g/mol. The first-order valence-corrected chi connectivity index (χ1v) is 11.0. The molecule has 0 radical (unpaired) electrons. The lowest BCUT2D eigenvalue weighted by Crippen LogP contribution is -2.35. The molecule has 1 aliphatic heterocycles. The van der Waals surface area contributed by atoms with Crippen LogP contribution in [0.5, 0.6) is 5.75 Å². The Hall–Kier alpha value is -3.26. The number of carbonyl (C=O) groups is 1. The van der Waals surface area contributed by atoms with E-state index in [-0.39, 0.29) is 16.6 Å². The summed E-state index contributed by atoms with van der Waals surface area (Å²) >= 11 is 0. The Morgan fingerprint density at radius 2 is 1.97 bits per heavy atom. The lowest BCUT2D eigenvalue weighted by atomic mass is 9.99. The third-order valence-corrected chi connectivity index (χ3v) is 6.50. The molecule has 0 bridgehead atoms. The quantitative estimate of drug-likeness (QED) is 0.673. The Morgan fingerprint density at radius 3 is 2.70 bits per heavy atom. The number of sulfonamides is 1. The molecule has 1 N–H and O–H groups in total. The van der Waals surface area contributed by atoms with E-state index < -0.39 is 10.0 Å². The van der Waals surface area contributed by atoms with Crippen LogP contribution >= 0.6 is 0 Å². The minimum Gasteiger partial charge on any atom is -0.495 e. The molecule has 4 rings (SSSR count). The molecule has 7 nitrogen and oxygen atoms in total. The molecule has 0 fully saturated rings. The van der Waals surface area contributed by atoms with Gasteiger partial charge in [0.1, 0.15) is 10.6 Å². The van der Waals surface area contributed by atoms with Gasteiger partial charge in [-0.3, -0.25) is 9.52 Å². The van der Waals surface area contributed by atoms with Crippen molar-refractivity contribution in [1.82, 2.24) is 4.90 Å². The lowest BCUT2D eigenvalue weighted by Gasteiger charge is -2.28. The molecule has 3 aromatic rings. The van der Waals surface area contributed by atoms with E-state index in [1.165, 1.54) is 13.4 Å². The number of amides is 1. The van der Waals surface area contributed by atoms with E-state index in [2.05, 4.69) is 4.72 Å². The number of furan rings is 1. The number of rotatable bonds is 5. The van der Waals surface area contributed by atoms with Gasteiger partial charge >= 0.3 is 0 Å². The Labute approximate surface area is 175 Å². The maximum atomic E-state index is 13.0. The highest BCUT2D eigenvalue weighted by Crippen LogP contribution is 2.29. The molecule has 0 unspecified atom stereocenters. The Bertz CT molecular complexity index is 1190. The van der Waals surface area contributed by atoms with Crippen LogP contribution in [0.4, 0.5) is 5.69 Å². The minimum atomic E-state index is -3.84. The first kappa shape index (κ1) is 20.0. The average molecular weight is 426 g/mol. The maximum Gasteiger partial charge on any atom is 0.289 e. The van der Waals surface area contributed by atoms with Crippen LogP contribution in [-0.2, 0) is 23.0 Å². The molecule has 0 aliphatic carbocycles. The number of ether oxygens (including phenoxy) is 1. The van der Waals surface area contributed by atoms with Gasteiger partial charge in [0.05, 0.1) is 13.4 Å². The predicted molar refractivity (Wildman–Crippen MR) is 112 cm³/mol. The number of aryl methyl sites for hydroxylation is 1. The smallest absolute Gasteiger partial charge is 0.289 e. The molecule has 30 heavy (non-hydrogen) atoms. The van der Waals surface area contributed by atoms with E-state index in [1.807, 2.05) is 13.0 Å². The Kier molecular flexibility index (Phi) is 5.26. The first-order valence-electron chi connectivity index (χ1n) is 9.49. The van der Waals surface area contributed by atoms with Crippen molar-refractivity contribution in [3.63, 3.8) is 0 Å². The molecule has 1 amide bonds. The lowest BCUT2D eigenvalue weighted by molar-refractivity contribution is 0.0702. The zero-order valence-corrected chi connectivity index (χ0v) is 17.5. The van der Waals surface area contributed by atoms with E-state index >= 15 is 0 Å². The van der Waals surface area contributed by atoms with Crippen molar-refractivity contribution in [3.8, 4) is 5.75 Å². The predicted octanol–water partition coefficient (Wildman–Crippen LogP) is 3.60. The molecule has 0 spiro atoms. The fourth-order valence-corrected chi connectivity index (χ4v) is 4.86. The van der Waals surface area contributed by atoms with Crippen molar-refractivity contribution in [2.24, 2.45) is 0 Å². The van der Waals surface area contributed by atoms with Crippen LogP contribution in [0.25, 0.3) is 0 Å².